The predicted octanol–water partition coefficient (Wildman–Crippen LogP) is 3.83. The van der Waals surface area contributed by atoms with Crippen LogP contribution in [0.25, 0.3) is 0 Å². The zero-order chi connectivity index (χ0) is 10.1. The molecule has 0 spiro atoms. The molecule has 1 heteroatoms. The van der Waals surface area contributed by atoms with Gasteiger partial charge in [0.25, 0.3) is 0 Å². The van der Waals surface area contributed by atoms with Gasteiger partial charge in [-0.05, 0) is 39.5 Å². The minimum Gasteiger partial charge on any atom is -0.288 e. The van der Waals surface area contributed by atoms with Crippen molar-refractivity contribution in [1.82, 2.24) is 0 Å². The maximum absolute atomic E-state index is 4.87. The molecule has 0 aliphatic carbocycles. The fraction of sp³-hybridized carbons (Fsp3) is 0.917. The van der Waals surface area contributed by atoms with Gasteiger partial charge in [0.15, 0.2) is 0 Å². The fourth-order valence-corrected chi connectivity index (χ4v) is 2.01. The summed E-state index contributed by atoms with van der Waals surface area (Å²) in [5.41, 5.74) is 1.98. The first-order valence-electron chi connectivity index (χ1n) is 5.53. The van der Waals surface area contributed by atoms with Crippen molar-refractivity contribution >= 4 is 5.71 Å². The summed E-state index contributed by atoms with van der Waals surface area (Å²) < 4.78 is 0. The van der Waals surface area contributed by atoms with E-state index < -0.39 is 0 Å². The zero-order valence-electron chi connectivity index (χ0n) is 9.78. The SMILES string of the molecule is CCC1(C)CCC(C)(CC)C(C)=N1. The molecular weight excluding hydrogens is 158 g/mol. The molecule has 0 bridgehead atoms. The lowest BCUT2D eigenvalue weighted by Gasteiger charge is -2.39. The Balaban J connectivity index is 2.90. The first-order chi connectivity index (χ1) is 5.96. The second-order valence-corrected chi connectivity index (χ2v) is 4.96. The maximum Gasteiger partial charge on any atom is 0.0577 e. The average molecular weight is 181 g/mol. The Labute approximate surface area is 82.6 Å². The Hall–Kier alpha value is -0.330. The Morgan fingerprint density at radius 1 is 1.15 bits per heavy atom. The molecule has 2 atom stereocenters. The molecule has 0 fully saturated rings. The van der Waals surface area contributed by atoms with Crippen LogP contribution >= 0.6 is 0 Å². The van der Waals surface area contributed by atoms with Gasteiger partial charge in [-0.2, -0.15) is 0 Å². The van der Waals surface area contributed by atoms with Gasteiger partial charge in [0.1, 0.15) is 0 Å². The van der Waals surface area contributed by atoms with E-state index in [9.17, 15) is 0 Å². The van der Waals surface area contributed by atoms with Crippen LogP contribution in [0.3, 0.4) is 0 Å². The highest BCUT2D eigenvalue weighted by molar-refractivity contribution is 5.88. The summed E-state index contributed by atoms with van der Waals surface area (Å²) in [5, 5.41) is 0. The molecule has 0 aromatic heterocycles. The molecule has 0 saturated carbocycles. The van der Waals surface area contributed by atoms with Crippen LogP contribution in [0.2, 0.25) is 0 Å². The van der Waals surface area contributed by atoms with Crippen molar-refractivity contribution in [3.05, 3.63) is 0 Å². The van der Waals surface area contributed by atoms with Gasteiger partial charge < -0.3 is 0 Å². The lowest BCUT2D eigenvalue weighted by molar-refractivity contribution is 0.289. The van der Waals surface area contributed by atoms with E-state index >= 15 is 0 Å². The largest absolute Gasteiger partial charge is 0.288 e. The average Bonchev–Trinajstić information content (AvgIpc) is 2.13. The van der Waals surface area contributed by atoms with Crippen LogP contribution in [0.5, 0.6) is 0 Å². The second-order valence-electron chi connectivity index (χ2n) is 4.96. The Morgan fingerprint density at radius 3 is 2.15 bits per heavy atom. The van der Waals surface area contributed by atoms with E-state index in [1.54, 1.807) is 0 Å². The fourth-order valence-electron chi connectivity index (χ4n) is 2.01. The molecule has 1 heterocycles. The Morgan fingerprint density at radius 2 is 1.77 bits per heavy atom. The molecule has 13 heavy (non-hydrogen) atoms. The van der Waals surface area contributed by atoms with E-state index in [4.69, 9.17) is 4.99 Å². The summed E-state index contributed by atoms with van der Waals surface area (Å²) in [7, 11) is 0. The minimum atomic E-state index is 0.235. The van der Waals surface area contributed by atoms with Crippen molar-refractivity contribution in [3.63, 3.8) is 0 Å². The molecule has 0 amide bonds. The van der Waals surface area contributed by atoms with Gasteiger partial charge >= 0.3 is 0 Å². The molecule has 0 radical (unpaired) electrons. The van der Waals surface area contributed by atoms with E-state index in [0.717, 1.165) is 0 Å². The molecule has 76 valence electrons. The van der Waals surface area contributed by atoms with Crippen LogP contribution < -0.4 is 0 Å². The monoisotopic (exact) mass is 181 g/mol. The van der Waals surface area contributed by atoms with Crippen molar-refractivity contribution in [1.29, 1.82) is 0 Å². The Kier molecular flexibility index (Phi) is 2.84. The highest BCUT2D eigenvalue weighted by Crippen LogP contribution is 2.39. The van der Waals surface area contributed by atoms with Crippen molar-refractivity contribution < 1.29 is 0 Å². The third kappa shape index (κ3) is 1.95. The number of rotatable bonds is 2. The lowest BCUT2D eigenvalue weighted by atomic mass is 9.72. The van der Waals surface area contributed by atoms with E-state index in [-0.39, 0.29) is 5.54 Å². The van der Waals surface area contributed by atoms with Crippen LogP contribution in [0.15, 0.2) is 4.99 Å². The van der Waals surface area contributed by atoms with Crippen LogP contribution in [0, 0.1) is 5.41 Å². The summed E-state index contributed by atoms with van der Waals surface area (Å²) in [6, 6.07) is 0. The van der Waals surface area contributed by atoms with Crippen molar-refractivity contribution in [2.24, 2.45) is 10.4 Å². The summed E-state index contributed by atoms with van der Waals surface area (Å²) in [5.74, 6) is 0. The first kappa shape index (κ1) is 10.7. The number of hydrogen-bond donors (Lipinski definition) is 0. The summed E-state index contributed by atoms with van der Waals surface area (Å²) >= 11 is 0. The van der Waals surface area contributed by atoms with Crippen LogP contribution in [-0.2, 0) is 0 Å². The van der Waals surface area contributed by atoms with Crippen molar-refractivity contribution in [2.75, 3.05) is 0 Å². The first-order valence-corrected chi connectivity index (χ1v) is 5.53. The van der Waals surface area contributed by atoms with Gasteiger partial charge in [-0.25, -0.2) is 0 Å². The maximum atomic E-state index is 4.87. The quantitative estimate of drug-likeness (QED) is 0.614. The minimum absolute atomic E-state index is 0.235. The number of aliphatic imine (C=N–C) groups is 1. The Bertz CT molecular complexity index is 219. The number of hydrogen-bond acceptors (Lipinski definition) is 1. The molecule has 0 saturated heterocycles. The number of nitrogens with zero attached hydrogens (tertiary/aromatic N) is 1. The zero-order valence-corrected chi connectivity index (χ0v) is 9.78. The summed E-state index contributed by atoms with van der Waals surface area (Å²) in [6.45, 7) is 11.3. The molecular formula is C12H23N. The summed E-state index contributed by atoms with van der Waals surface area (Å²) in [4.78, 5) is 4.87. The molecule has 1 nitrogen and oxygen atoms in total. The molecule has 1 rings (SSSR count). The third-order valence-electron chi connectivity index (χ3n) is 4.07. The van der Waals surface area contributed by atoms with E-state index in [0.29, 0.717) is 5.41 Å². The standard InChI is InChI=1S/C12H23N/c1-6-11(4)8-9-12(5,7-2)13-10(11)3/h6-9H2,1-5H3. The highest BCUT2D eigenvalue weighted by atomic mass is 14.9. The van der Waals surface area contributed by atoms with E-state index in [1.165, 1.54) is 31.4 Å². The lowest BCUT2D eigenvalue weighted by Crippen LogP contribution is -2.37. The van der Waals surface area contributed by atoms with Crippen LogP contribution in [0.4, 0.5) is 0 Å². The molecule has 0 aromatic carbocycles. The highest BCUT2D eigenvalue weighted by Gasteiger charge is 2.35. The molecule has 1 aliphatic heterocycles. The summed E-state index contributed by atoms with van der Waals surface area (Å²) in [6.07, 6.45) is 4.96. The van der Waals surface area contributed by atoms with Crippen molar-refractivity contribution in [2.45, 2.75) is 65.8 Å². The van der Waals surface area contributed by atoms with E-state index in [1.807, 2.05) is 0 Å². The smallest absolute Gasteiger partial charge is 0.0577 e. The van der Waals surface area contributed by atoms with Crippen LogP contribution in [0.1, 0.15) is 60.3 Å². The van der Waals surface area contributed by atoms with E-state index in [2.05, 4.69) is 34.6 Å². The second kappa shape index (κ2) is 3.43. The molecule has 1 aliphatic rings. The van der Waals surface area contributed by atoms with Gasteiger partial charge in [0.2, 0.25) is 0 Å². The van der Waals surface area contributed by atoms with Crippen LogP contribution in [-0.4, -0.2) is 11.3 Å². The molecule has 2 unspecified atom stereocenters. The van der Waals surface area contributed by atoms with Gasteiger partial charge in [0, 0.05) is 11.1 Å². The van der Waals surface area contributed by atoms with Gasteiger partial charge in [-0.3, -0.25) is 4.99 Å². The molecule has 0 aromatic rings. The van der Waals surface area contributed by atoms with Crippen molar-refractivity contribution in [3.8, 4) is 0 Å². The normalized spacial score (nSPS) is 40.2. The van der Waals surface area contributed by atoms with Gasteiger partial charge in [-0.15, -0.1) is 0 Å². The molecule has 0 N–H and O–H groups in total. The predicted molar refractivity (Wildman–Crippen MR) is 59.4 cm³/mol. The third-order valence-corrected chi connectivity index (χ3v) is 4.07. The van der Waals surface area contributed by atoms with Gasteiger partial charge in [-0.1, -0.05) is 20.8 Å². The topological polar surface area (TPSA) is 12.4 Å². The van der Waals surface area contributed by atoms with Gasteiger partial charge in [0.05, 0.1) is 5.54 Å².